The van der Waals surface area contributed by atoms with Crippen molar-refractivity contribution < 1.29 is 9.47 Å². The Morgan fingerprint density at radius 1 is 1.22 bits per heavy atom. The van der Waals surface area contributed by atoms with Crippen LogP contribution in [0.15, 0.2) is 23.3 Å². The third-order valence-corrected chi connectivity index (χ3v) is 4.99. The van der Waals surface area contributed by atoms with E-state index >= 15 is 0 Å². The minimum Gasteiger partial charge on any atom is -0.474 e. The Balaban J connectivity index is 1.45. The van der Waals surface area contributed by atoms with Crippen LogP contribution in [0, 0.1) is 5.92 Å². The maximum atomic E-state index is 6.11. The van der Waals surface area contributed by atoms with Crippen LogP contribution in [0.5, 0.6) is 5.88 Å². The van der Waals surface area contributed by atoms with E-state index in [1.54, 1.807) is 6.20 Å². The molecule has 27 heavy (non-hydrogen) atoms. The first-order valence-corrected chi connectivity index (χ1v) is 10.6. The highest BCUT2D eigenvalue weighted by Crippen LogP contribution is 2.28. The Hall–Kier alpha value is -1.82. The maximum Gasteiger partial charge on any atom is 0.218 e. The average molecular weight is 375 g/mol. The van der Waals surface area contributed by atoms with Gasteiger partial charge in [-0.2, -0.15) is 0 Å². The summed E-state index contributed by atoms with van der Waals surface area (Å²) in [6, 6.07) is 4.00. The first-order valence-electron chi connectivity index (χ1n) is 10.6. The largest absolute Gasteiger partial charge is 0.474 e. The Kier molecular flexibility index (Phi) is 8.21. The lowest BCUT2D eigenvalue weighted by Gasteiger charge is -2.15. The smallest absolute Gasteiger partial charge is 0.218 e. The van der Waals surface area contributed by atoms with Crippen LogP contribution in [0.3, 0.4) is 0 Å². The number of rotatable bonds is 11. The minimum absolute atomic E-state index is 0.310. The number of pyridine rings is 1. The summed E-state index contributed by atoms with van der Waals surface area (Å²) >= 11 is 0. The third-order valence-electron chi connectivity index (χ3n) is 4.99. The van der Waals surface area contributed by atoms with E-state index in [9.17, 15) is 0 Å². The predicted molar refractivity (Wildman–Crippen MR) is 108 cm³/mol. The molecule has 0 amide bonds. The molecule has 0 aromatic carbocycles. The zero-order valence-corrected chi connectivity index (χ0v) is 16.6. The highest BCUT2D eigenvalue weighted by Gasteiger charge is 2.21. The lowest BCUT2D eigenvalue weighted by Crippen LogP contribution is -2.38. The van der Waals surface area contributed by atoms with Gasteiger partial charge in [-0.25, -0.2) is 9.98 Å². The summed E-state index contributed by atoms with van der Waals surface area (Å²) in [4.78, 5) is 9.14. The van der Waals surface area contributed by atoms with Crippen molar-refractivity contribution in [1.82, 2.24) is 15.6 Å². The second-order valence-electron chi connectivity index (χ2n) is 7.49. The van der Waals surface area contributed by atoms with Gasteiger partial charge in [-0.05, 0) is 63.9 Å². The van der Waals surface area contributed by atoms with Crippen LogP contribution in [0.25, 0.3) is 0 Å². The molecule has 0 aliphatic heterocycles. The molecule has 150 valence electrons. The second-order valence-corrected chi connectivity index (χ2v) is 7.49. The second kappa shape index (κ2) is 11.1. The van der Waals surface area contributed by atoms with Crippen LogP contribution < -0.4 is 15.4 Å². The average Bonchev–Trinajstić information content (AvgIpc) is 3.37. The van der Waals surface area contributed by atoms with Crippen LogP contribution in [0.4, 0.5) is 0 Å². The summed E-state index contributed by atoms with van der Waals surface area (Å²) in [7, 11) is 0. The zero-order valence-electron chi connectivity index (χ0n) is 16.6. The molecule has 2 saturated carbocycles. The van der Waals surface area contributed by atoms with E-state index < -0.39 is 0 Å². The van der Waals surface area contributed by atoms with Gasteiger partial charge in [-0.3, -0.25) is 0 Å². The van der Waals surface area contributed by atoms with Gasteiger partial charge in [-0.15, -0.1) is 0 Å². The fourth-order valence-electron chi connectivity index (χ4n) is 3.24. The quantitative estimate of drug-likeness (QED) is 0.353. The molecule has 1 aromatic heterocycles. The molecule has 0 saturated heterocycles. The number of hydrogen-bond acceptors (Lipinski definition) is 4. The van der Waals surface area contributed by atoms with Crippen LogP contribution in [0.2, 0.25) is 0 Å². The van der Waals surface area contributed by atoms with E-state index in [0.717, 1.165) is 68.9 Å². The van der Waals surface area contributed by atoms with Crippen molar-refractivity contribution in [3.8, 4) is 5.88 Å². The molecular weight excluding hydrogens is 340 g/mol. The topological polar surface area (TPSA) is 67.8 Å². The molecule has 6 heteroatoms. The van der Waals surface area contributed by atoms with Crippen LogP contribution in [-0.4, -0.2) is 43.4 Å². The number of hydrogen-bond donors (Lipinski definition) is 2. The maximum absolute atomic E-state index is 6.11. The molecule has 6 nitrogen and oxygen atoms in total. The summed E-state index contributed by atoms with van der Waals surface area (Å²) in [6.45, 7) is 6.07. The predicted octanol–water partition coefficient (Wildman–Crippen LogP) is 3.27. The number of aromatic nitrogens is 1. The van der Waals surface area contributed by atoms with Gasteiger partial charge >= 0.3 is 0 Å². The zero-order chi connectivity index (χ0) is 18.7. The summed E-state index contributed by atoms with van der Waals surface area (Å²) in [5, 5.41) is 6.69. The Morgan fingerprint density at radius 3 is 2.85 bits per heavy atom. The monoisotopic (exact) mass is 374 g/mol. The van der Waals surface area contributed by atoms with E-state index in [1.807, 2.05) is 6.07 Å². The van der Waals surface area contributed by atoms with Gasteiger partial charge < -0.3 is 20.1 Å². The molecule has 0 atom stereocenters. The van der Waals surface area contributed by atoms with Crippen molar-refractivity contribution in [2.75, 3.05) is 26.3 Å². The molecule has 0 radical (unpaired) electrons. The fraction of sp³-hybridized carbons (Fsp3) is 0.714. The fourth-order valence-corrected chi connectivity index (χ4v) is 3.24. The number of guanidine groups is 1. The van der Waals surface area contributed by atoms with E-state index in [0.29, 0.717) is 12.6 Å². The molecule has 0 spiro atoms. The highest BCUT2D eigenvalue weighted by atomic mass is 16.5. The van der Waals surface area contributed by atoms with Gasteiger partial charge in [0, 0.05) is 38.1 Å². The van der Waals surface area contributed by atoms with Crippen LogP contribution in [-0.2, 0) is 11.3 Å². The summed E-state index contributed by atoms with van der Waals surface area (Å²) in [6.07, 6.45) is 10.5. The van der Waals surface area contributed by atoms with E-state index in [2.05, 4.69) is 28.6 Å². The molecule has 3 rings (SSSR count). The van der Waals surface area contributed by atoms with Gasteiger partial charge in [0.05, 0.1) is 6.54 Å². The van der Waals surface area contributed by atoms with Crippen LogP contribution in [0.1, 0.15) is 57.4 Å². The Morgan fingerprint density at radius 2 is 2.07 bits per heavy atom. The molecular formula is C21H34N4O2. The lowest BCUT2D eigenvalue weighted by atomic mass is 10.2. The van der Waals surface area contributed by atoms with E-state index in [1.165, 1.54) is 25.7 Å². The number of ether oxygens (including phenoxy) is 2. The lowest BCUT2D eigenvalue weighted by molar-refractivity contribution is 0.123. The summed E-state index contributed by atoms with van der Waals surface area (Å²) in [5.41, 5.74) is 1.04. The van der Waals surface area contributed by atoms with Crippen molar-refractivity contribution in [3.63, 3.8) is 0 Å². The van der Waals surface area contributed by atoms with Crippen LogP contribution >= 0.6 is 0 Å². The molecule has 1 heterocycles. The highest BCUT2D eigenvalue weighted by molar-refractivity contribution is 5.79. The number of nitrogens with zero attached hydrogens (tertiary/aromatic N) is 2. The third kappa shape index (κ3) is 7.37. The molecule has 0 unspecified atom stereocenters. The number of nitrogens with one attached hydrogen (secondary N) is 2. The van der Waals surface area contributed by atoms with Crippen molar-refractivity contribution in [1.29, 1.82) is 0 Å². The molecule has 2 aliphatic carbocycles. The Bertz CT molecular complexity index is 583. The van der Waals surface area contributed by atoms with Crippen molar-refractivity contribution >= 4 is 5.96 Å². The standard InChI is InChI=1S/C21H34N4O2/c1-2-22-21(24-13-6-14-26-16-17-10-11-17)25-15-18-7-5-12-23-20(18)27-19-8-3-4-9-19/h5,7,12,17,19H,2-4,6,8-11,13-16H2,1H3,(H2,22,24,25). The van der Waals surface area contributed by atoms with Gasteiger partial charge in [0.2, 0.25) is 5.88 Å². The summed E-state index contributed by atoms with van der Waals surface area (Å²) < 4.78 is 11.8. The SMILES string of the molecule is CCNC(=NCc1cccnc1OC1CCCC1)NCCCOCC1CC1. The summed E-state index contributed by atoms with van der Waals surface area (Å²) in [5.74, 6) is 2.39. The molecule has 0 bridgehead atoms. The van der Waals surface area contributed by atoms with Gasteiger partial charge in [0.1, 0.15) is 6.10 Å². The van der Waals surface area contributed by atoms with E-state index in [4.69, 9.17) is 14.5 Å². The van der Waals surface area contributed by atoms with E-state index in [-0.39, 0.29) is 0 Å². The molecule has 2 aliphatic rings. The van der Waals surface area contributed by atoms with Gasteiger partial charge in [0.25, 0.3) is 0 Å². The molecule has 1 aromatic rings. The molecule has 2 N–H and O–H groups in total. The minimum atomic E-state index is 0.310. The Labute approximate surface area is 163 Å². The first kappa shape index (κ1) is 19.9. The first-order chi connectivity index (χ1) is 13.3. The van der Waals surface area contributed by atoms with Crippen molar-refractivity contribution in [2.45, 2.75) is 64.5 Å². The number of aliphatic imine (C=N–C) groups is 1. The van der Waals surface area contributed by atoms with Gasteiger partial charge in [0.15, 0.2) is 5.96 Å². The van der Waals surface area contributed by atoms with Crippen molar-refractivity contribution in [3.05, 3.63) is 23.9 Å². The van der Waals surface area contributed by atoms with Crippen molar-refractivity contribution in [2.24, 2.45) is 10.9 Å². The molecule has 2 fully saturated rings. The normalized spacial score (nSPS) is 17.9. The van der Waals surface area contributed by atoms with Gasteiger partial charge in [-0.1, -0.05) is 6.07 Å².